The van der Waals surface area contributed by atoms with Gasteiger partial charge in [-0.2, -0.15) is 0 Å². The van der Waals surface area contributed by atoms with E-state index in [1.54, 1.807) is 0 Å². The molecule has 0 aliphatic carbocycles. The number of ether oxygens (including phenoxy) is 1. The van der Waals surface area contributed by atoms with Crippen molar-refractivity contribution in [3.05, 3.63) is 0 Å². The summed E-state index contributed by atoms with van der Waals surface area (Å²) in [4.78, 5) is 0. The van der Waals surface area contributed by atoms with Crippen molar-refractivity contribution in [1.82, 2.24) is 5.32 Å². The van der Waals surface area contributed by atoms with Gasteiger partial charge < -0.3 is 10.1 Å². The van der Waals surface area contributed by atoms with Crippen molar-refractivity contribution in [2.75, 3.05) is 13.2 Å². The van der Waals surface area contributed by atoms with Gasteiger partial charge in [0.2, 0.25) is 0 Å². The van der Waals surface area contributed by atoms with Crippen LogP contribution in [-0.2, 0) is 4.74 Å². The van der Waals surface area contributed by atoms with Crippen LogP contribution < -0.4 is 5.32 Å². The predicted molar refractivity (Wildman–Crippen MR) is 49.2 cm³/mol. The number of rotatable bonds is 2. The maximum absolute atomic E-state index is 5.62. The lowest BCUT2D eigenvalue weighted by molar-refractivity contribution is 0.0913. The first-order valence-corrected chi connectivity index (χ1v) is 5.30. The molecule has 0 radical (unpaired) electrons. The Labute approximate surface area is 74.7 Å². The van der Waals surface area contributed by atoms with Crippen molar-refractivity contribution in [2.45, 2.75) is 50.7 Å². The first-order valence-electron chi connectivity index (χ1n) is 5.30. The van der Waals surface area contributed by atoms with E-state index >= 15 is 0 Å². The number of hydrogen-bond donors (Lipinski definition) is 1. The van der Waals surface area contributed by atoms with Crippen molar-refractivity contribution in [3.63, 3.8) is 0 Å². The number of nitrogens with one attached hydrogen (secondary N) is 1. The summed E-state index contributed by atoms with van der Waals surface area (Å²) in [6.45, 7) is 2.22. The number of piperidine rings is 1. The fraction of sp³-hybridized carbons (Fsp3) is 1.00. The molecular formula is C10H19NO. The van der Waals surface area contributed by atoms with Crippen molar-refractivity contribution < 1.29 is 4.74 Å². The predicted octanol–water partition coefficient (Wildman–Crippen LogP) is 1.70. The van der Waals surface area contributed by atoms with Gasteiger partial charge in [0.25, 0.3) is 0 Å². The van der Waals surface area contributed by atoms with Crippen molar-refractivity contribution in [2.24, 2.45) is 0 Å². The van der Waals surface area contributed by atoms with Gasteiger partial charge >= 0.3 is 0 Å². The van der Waals surface area contributed by atoms with Crippen LogP contribution in [0.25, 0.3) is 0 Å². The lowest BCUT2D eigenvalue weighted by Gasteiger charge is -2.25. The van der Waals surface area contributed by atoms with Crippen LogP contribution in [0.3, 0.4) is 0 Å². The second-order valence-corrected chi connectivity index (χ2v) is 4.02. The molecule has 70 valence electrons. The SMILES string of the molecule is C1CCC(CC2CCCO2)NC1. The van der Waals surface area contributed by atoms with Crippen LogP contribution in [0.4, 0.5) is 0 Å². The van der Waals surface area contributed by atoms with Crippen LogP contribution in [0, 0.1) is 0 Å². The van der Waals surface area contributed by atoms with Gasteiger partial charge in [0, 0.05) is 12.6 Å². The normalized spacial score (nSPS) is 37.0. The summed E-state index contributed by atoms with van der Waals surface area (Å²) in [5.74, 6) is 0. The van der Waals surface area contributed by atoms with Crippen LogP contribution in [0.15, 0.2) is 0 Å². The molecule has 2 fully saturated rings. The highest BCUT2D eigenvalue weighted by Gasteiger charge is 2.21. The van der Waals surface area contributed by atoms with Gasteiger partial charge in [-0.25, -0.2) is 0 Å². The van der Waals surface area contributed by atoms with E-state index in [1.807, 2.05) is 0 Å². The molecule has 0 spiro atoms. The van der Waals surface area contributed by atoms with Crippen LogP contribution in [0.1, 0.15) is 38.5 Å². The Balaban J connectivity index is 1.69. The highest BCUT2D eigenvalue weighted by atomic mass is 16.5. The summed E-state index contributed by atoms with van der Waals surface area (Å²) >= 11 is 0. The zero-order valence-corrected chi connectivity index (χ0v) is 7.72. The van der Waals surface area contributed by atoms with Gasteiger partial charge in [0.15, 0.2) is 0 Å². The van der Waals surface area contributed by atoms with Crippen LogP contribution >= 0.6 is 0 Å². The van der Waals surface area contributed by atoms with Crippen LogP contribution in [0.2, 0.25) is 0 Å². The molecule has 2 saturated heterocycles. The largest absolute Gasteiger partial charge is 0.378 e. The van der Waals surface area contributed by atoms with Gasteiger partial charge in [-0.3, -0.25) is 0 Å². The van der Waals surface area contributed by atoms with Gasteiger partial charge in [0.1, 0.15) is 0 Å². The van der Waals surface area contributed by atoms with Gasteiger partial charge in [0.05, 0.1) is 6.10 Å². The molecular weight excluding hydrogens is 150 g/mol. The lowest BCUT2D eigenvalue weighted by Crippen LogP contribution is -2.36. The van der Waals surface area contributed by atoms with Crippen LogP contribution in [0.5, 0.6) is 0 Å². The van der Waals surface area contributed by atoms with E-state index in [1.165, 1.54) is 45.1 Å². The Hall–Kier alpha value is -0.0800. The van der Waals surface area contributed by atoms with E-state index in [4.69, 9.17) is 4.74 Å². The molecule has 2 aliphatic rings. The topological polar surface area (TPSA) is 21.3 Å². The summed E-state index contributed by atoms with van der Waals surface area (Å²) in [6.07, 6.45) is 8.52. The molecule has 0 aromatic heterocycles. The molecule has 2 heteroatoms. The molecule has 2 aliphatic heterocycles. The molecule has 2 atom stereocenters. The first-order chi connectivity index (χ1) is 5.95. The Morgan fingerprint density at radius 1 is 1.17 bits per heavy atom. The smallest absolute Gasteiger partial charge is 0.0590 e. The molecule has 0 bridgehead atoms. The maximum Gasteiger partial charge on any atom is 0.0590 e. The molecule has 1 N–H and O–H groups in total. The minimum absolute atomic E-state index is 0.570. The van der Waals surface area contributed by atoms with E-state index in [0.717, 1.165) is 12.6 Å². The van der Waals surface area contributed by atoms with Crippen LogP contribution in [-0.4, -0.2) is 25.3 Å². The average Bonchev–Trinajstić information content (AvgIpc) is 2.59. The van der Waals surface area contributed by atoms with Gasteiger partial charge in [-0.05, 0) is 38.6 Å². The van der Waals surface area contributed by atoms with E-state index in [9.17, 15) is 0 Å². The third-order valence-electron chi connectivity index (χ3n) is 2.98. The minimum Gasteiger partial charge on any atom is -0.378 e. The second-order valence-electron chi connectivity index (χ2n) is 4.02. The average molecular weight is 169 g/mol. The summed E-state index contributed by atoms with van der Waals surface area (Å²) in [7, 11) is 0. The summed E-state index contributed by atoms with van der Waals surface area (Å²) in [5.41, 5.74) is 0. The summed E-state index contributed by atoms with van der Waals surface area (Å²) in [5, 5.41) is 3.57. The van der Waals surface area contributed by atoms with E-state index < -0.39 is 0 Å². The molecule has 0 aromatic carbocycles. The van der Waals surface area contributed by atoms with E-state index in [2.05, 4.69) is 5.32 Å². The number of hydrogen-bond acceptors (Lipinski definition) is 2. The third-order valence-corrected chi connectivity index (χ3v) is 2.98. The lowest BCUT2D eigenvalue weighted by atomic mass is 9.98. The fourth-order valence-electron chi connectivity index (χ4n) is 2.27. The Morgan fingerprint density at radius 3 is 2.83 bits per heavy atom. The van der Waals surface area contributed by atoms with E-state index in [-0.39, 0.29) is 0 Å². The Bertz CT molecular complexity index is 126. The molecule has 12 heavy (non-hydrogen) atoms. The minimum atomic E-state index is 0.570. The van der Waals surface area contributed by atoms with Crippen molar-refractivity contribution in [3.8, 4) is 0 Å². The zero-order chi connectivity index (χ0) is 8.23. The first kappa shape index (κ1) is 8.52. The summed E-state index contributed by atoms with van der Waals surface area (Å²) < 4.78 is 5.62. The van der Waals surface area contributed by atoms with Gasteiger partial charge in [-0.1, -0.05) is 6.42 Å². The fourth-order valence-corrected chi connectivity index (χ4v) is 2.27. The van der Waals surface area contributed by atoms with E-state index in [0.29, 0.717) is 6.10 Å². The Morgan fingerprint density at radius 2 is 2.17 bits per heavy atom. The maximum atomic E-state index is 5.62. The monoisotopic (exact) mass is 169 g/mol. The summed E-state index contributed by atoms with van der Waals surface area (Å²) in [6, 6.07) is 0.752. The highest BCUT2D eigenvalue weighted by Crippen LogP contribution is 2.20. The molecule has 0 saturated carbocycles. The molecule has 2 rings (SSSR count). The molecule has 2 nitrogen and oxygen atoms in total. The van der Waals surface area contributed by atoms with Crippen molar-refractivity contribution in [1.29, 1.82) is 0 Å². The van der Waals surface area contributed by atoms with Crippen molar-refractivity contribution >= 4 is 0 Å². The molecule has 0 aromatic rings. The molecule has 2 heterocycles. The molecule has 0 amide bonds. The van der Waals surface area contributed by atoms with Gasteiger partial charge in [-0.15, -0.1) is 0 Å². The Kier molecular flexibility index (Phi) is 3.01. The zero-order valence-electron chi connectivity index (χ0n) is 7.72. The molecule has 2 unspecified atom stereocenters. The standard InChI is InChI=1S/C10H19NO/c1-2-6-11-9(4-1)8-10-5-3-7-12-10/h9-11H,1-8H2. The quantitative estimate of drug-likeness (QED) is 0.679. The highest BCUT2D eigenvalue weighted by molar-refractivity contribution is 4.77. The third kappa shape index (κ3) is 2.20. The second kappa shape index (κ2) is 4.24.